The second-order valence-corrected chi connectivity index (χ2v) is 4.73. The molecule has 7 nitrogen and oxygen atoms in total. The molecule has 0 radical (unpaired) electrons. The van der Waals surface area contributed by atoms with Gasteiger partial charge >= 0.3 is 5.97 Å². The van der Waals surface area contributed by atoms with Crippen LogP contribution in [0.3, 0.4) is 0 Å². The Morgan fingerprint density at radius 1 is 1.32 bits per heavy atom. The Morgan fingerprint density at radius 3 is 2.58 bits per heavy atom. The van der Waals surface area contributed by atoms with E-state index in [4.69, 9.17) is 20.3 Å². The van der Waals surface area contributed by atoms with Gasteiger partial charge in [-0.1, -0.05) is 19.8 Å². The van der Waals surface area contributed by atoms with E-state index in [0.29, 0.717) is 6.42 Å². The van der Waals surface area contributed by atoms with E-state index in [9.17, 15) is 15.0 Å². The smallest absolute Gasteiger partial charge is 0.308 e. The lowest BCUT2D eigenvalue weighted by Gasteiger charge is -2.39. The van der Waals surface area contributed by atoms with Crippen LogP contribution in [0.4, 0.5) is 0 Å². The van der Waals surface area contributed by atoms with E-state index >= 15 is 0 Å². The first-order valence-corrected chi connectivity index (χ1v) is 6.58. The Bertz CT molecular complexity index is 285. The van der Waals surface area contributed by atoms with Crippen molar-refractivity contribution in [1.29, 1.82) is 0 Å². The minimum absolute atomic E-state index is 0.253. The van der Waals surface area contributed by atoms with Gasteiger partial charge in [-0.3, -0.25) is 4.79 Å². The molecule has 1 heterocycles. The Kier molecular flexibility index (Phi) is 6.67. The Balaban J connectivity index is 2.49. The summed E-state index contributed by atoms with van der Waals surface area (Å²) in [6.45, 7) is 1.53. The maximum atomic E-state index is 11.6. The molecule has 0 aromatic carbocycles. The zero-order chi connectivity index (χ0) is 14.4. The van der Waals surface area contributed by atoms with E-state index in [-0.39, 0.29) is 6.42 Å². The highest BCUT2D eigenvalue weighted by Crippen LogP contribution is 2.21. The molecular weight excluding hydrogens is 254 g/mol. The molecule has 1 saturated heterocycles. The first-order chi connectivity index (χ1) is 9.01. The van der Waals surface area contributed by atoms with E-state index in [2.05, 4.69) is 0 Å². The van der Waals surface area contributed by atoms with Crippen molar-refractivity contribution >= 4 is 5.97 Å². The molecule has 0 spiro atoms. The lowest BCUT2D eigenvalue weighted by Crippen LogP contribution is -2.62. The second-order valence-electron chi connectivity index (χ2n) is 4.73. The zero-order valence-electron chi connectivity index (χ0n) is 11.1. The molecule has 1 aliphatic rings. The van der Waals surface area contributed by atoms with Gasteiger partial charge < -0.3 is 30.5 Å². The molecule has 1 unspecified atom stereocenters. The number of carbonyl (C=O) groups excluding carboxylic acids is 1. The van der Waals surface area contributed by atoms with Gasteiger partial charge in [-0.25, -0.2) is 0 Å². The van der Waals surface area contributed by atoms with Crippen molar-refractivity contribution in [3.63, 3.8) is 0 Å². The van der Waals surface area contributed by atoms with Gasteiger partial charge in [-0.2, -0.15) is 0 Å². The number of aliphatic hydroxyl groups excluding tert-OH is 3. The van der Waals surface area contributed by atoms with Crippen LogP contribution in [0, 0.1) is 0 Å². The van der Waals surface area contributed by atoms with Crippen LogP contribution in [0.2, 0.25) is 0 Å². The summed E-state index contributed by atoms with van der Waals surface area (Å²) in [5.74, 6) is -0.464. The number of rotatable bonds is 6. The van der Waals surface area contributed by atoms with Crippen molar-refractivity contribution in [2.24, 2.45) is 5.73 Å². The minimum Gasteiger partial charge on any atom is -0.434 e. The molecule has 0 aliphatic carbocycles. The van der Waals surface area contributed by atoms with Crippen LogP contribution >= 0.6 is 0 Å². The number of nitrogens with two attached hydrogens (primary N) is 1. The molecule has 19 heavy (non-hydrogen) atoms. The summed E-state index contributed by atoms with van der Waals surface area (Å²) >= 11 is 0. The van der Waals surface area contributed by atoms with E-state index in [1.54, 1.807) is 0 Å². The average molecular weight is 277 g/mol. The summed E-state index contributed by atoms with van der Waals surface area (Å²) < 4.78 is 10.2. The van der Waals surface area contributed by atoms with Gasteiger partial charge in [0.2, 0.25) is 6.29 Å². The third kappa shape index (κ3) is 4.39. The van der Waals surface area contributed by atoms with Crippen molar-refractivity contribution in [2.75, 3.05) is 6.61 Å². The SMILES string of the molecule is CCCCCC(=O)OC1O[C@H](CO)[C@@H](O)[C@H](O)[C@H]1N. The Hall–Kier alpha value is -0.730. The standard InChI is InChI=1S/C12H23NO6/c1-2-3-4-5-8(15)19-12-9(13)11(17)10(16)7(6-14)18-12/h7,9-12,14,16-17H,2-6,13H2,1H3/t7-,9-,10-,11-,12?/m1/s1. The zero-order valence-corrected chi connectivity index (χ0v) is 11.1. The summed E-state index contributed by atoms with van der Waals surface area (Å²) in [5, 5.41) is 28.3. The first-order valence-electron chi connectivity index (χ1n) is 6.58. The maximum Gasteiger partial charge on any atom is 0.308 e. The van der Waals surface area contributed by atoms with Gasteiger partial charge in [-0.05, 0) is 6.42 Å². The van der Waals surface area contributed by atoms with E-state index in [1.807, 2.05) is 6.92 Å². The first kappa shape index (κ1) is 16.3. The minimum atomic E-state index is -1.31. The van der Waals surface area contributed by atoms with Crippen molar-refractivity contribution in [2.45, 2.75) is 63.3 Å². The number of hydrogen-bond acceptors (Lipinski definition) is 7. The molecule has 1 aliphatic heterocycles. The maximum absolute atomic E-state index is 11.6. The number of carbonyl (C=O) groups is 1. The van der Waals surface area contributed by atoms with Gasteiger partial charge in [0.05, 0.1) is 12.6 Å². The Morgan fingerprint density at radius 2 is 2.00 bits per heavy atom. The van der Waals surface area contributed by atoms with Gasteiger partial charge in [0.15, 0.2) is 0 Å². The second kappa shape index (κ2) is 7.76. The summed E-state index contributed by atoms with van der Waals surface area (Å²) in [7, 11) is 0. The number of aliphatic hydroxyl groups is 3. The Labute approximate surface area is 112 Å². The molecular formula is C12H23NO6. The number of esters is 1. The van der Waals surface area contributed by atoms with Gasteiger partial charge in [-0.15, -0.1) is 0 Å². The summed E-state index contributed by atoms with van der Waals surface area (Å²) in [6, 6.07) is -1.03. The highest BCUT2D eigenvalue weighted by Gasteiger charge is 2.44. The molecule has 5 atom stereocenters. The number of unbranched alkanes of at least 4 members (excludes halogenated alkanes) is 2. The molecule has 0 aromatic heterocycles. The van der Waals surface area contributed by atoms with E-state index < -0.39 is 43.2 Å². The molecule has 112 valence electrons. The van der Waals surface area contributed by atoms with Crippen LogP contribution in [0.25, 0.3) is 0 Å². The fraction of sp³-hybridized carbons (Fsp3) is 0.917. The van der Waals surface area contributed by atoms with Crippen molar-refractivity contribution in [3.05, 3.63) is 0 Å². The monoisotopic (exact) mass is 277 g/mol. The molecule has 5 N–H and O–H groups in total. The third-order valence-corrected chi connectivity index (χ3v) is 3.16. The van der Waals surface area contributed by atoms with E-state index in [0.717, 1.165) is 12.8 Å². The summed E-state index contributed by atoms with van der Waals surface area (Å²) in [5.41, 5.74) is 5.64. The molecule has 1 rings (SSSR count). The summed E-state index contributed by atoms with van der Waals surface area (Å²) in [4.78, 5) is 11.6. The quantitative estimate of drug-likeness (QED) is 0.358. The van der Waals surface area contributed by atoms with Crippen LogP contribution in [0.1, 0.15) is 32.6 Å². The molecule has 0 aromatic rings. The largest absolute Gasteiger partial charge is 0.434 e. The third-order valence-electron chi connectivity index (χ3n) is 3.16. The highest BCUT2D eigenvalue weighted by atomic mass is 16.7. The number of hydrogen-bond donors (Lipinski definition) is 4. The van der Waals surface area contributed by atoms with Crippen LogP contribution in [0.15, 0.2) is 0 Å². The average Bonchev–Trinajstić information content (AvgIpc) is 2.39. The lowest BCUT2D eigenvalue weighted by molar-refractivity contribution is -0.259. The predicted octanol–water partition coefficient (Wildman–Crippen LogP) is -1.12. The fourth-order valence-electron chi connectivity index (χ4n) is 1.92. The van der Waals surface area contributed by atoms with Crippen LogP contribution in [-0.2, 0) is 14.3 Å². The molecule has 0 amide bonds. The molecule has 1 fully saturated rings. The van der Waals surface area contributed by atoms with E-state index in [1.165, 1.54) is 0 Å². The van der Waals surface area contributed by atoms with Crippen molar-refractivity contribution < 1.29 is 29.6 Å². The van der Waals surface area contributed by atoms with Gasteiger partial charge in [0, 0.05) is 6.42 Å². The van der Waals surface area contributed by atoms with Crippen LogP contribution < -0.4 is 5.73 Å². The van der Waals surface area contributed by atoms with Gasteiger partial charge in [0.1, 0.15) is 18.3 Å². The highest BCUT2D eigenvalue weighted by molar-refractivity contribution is 5.69. The lowest BCUT2D eigenvalue weighted by atomic mass is 9.98. The molecule has 0 bridgehead atoms. The van der Waals surface area contributed by atoms with Crippen LogP contribution in [-0.4, -0.2) is 58.5 Å². The number of ether oxygens (including phenoxy) is 2. The predicted molar refractivity (Wildman–Crippen MR) is 66.0 cm³/mol. The summed E-state index contributed by atoms with van der Waals surface area (Å²) in [6.07, 6.45) is -1.88. The topological polar surface area (TPSA) is 122 Å². The normalized spacial score (nSPS) is 35.1. The fourth-order valence-corrected chi connectivity index (χ4v) is 1.92. The van der Waals surface area contributed by atoms with Gasteiger partial charge in [0.25, 0.3) is 0 Å². The molecule has 0 saturated carbocycles. The molecule has 7 heteroatoms. The van der Waals surface area contributed by atoms with Crippen molar-refractivity contribution in [3.8, 4) is 0 Å². The van der Waals surface area contributed by atoms with Crippen molar-refractivity contribution in [1.82, 2.24) is 0 Å². The van der Waals surface area contributed by atoms with Crippen LogP contribution in [0.5, 0.6) is 0 Å².